The normalized spacial score (nSPS) is 19.1. The number of hydrogen-bond donors (Lipinski definition) is 1. The number of nitrogens with one attached hydrogen (secondary N) is 1. The fourth-order valence-electron chi connectivity index (χ4n) is 3.30. The van der Waals surface area contributed by atoms with Crippen LogP contribution in [0.15, 0.2) is 30.5 Å². The fourth-order valence-corrected chi connectivity index (χ4v) is 3.30. The van der Waals surface area contributed by atoms with Crippen LogP contribution in [0.5, 0.6) is 5.75 Å². The Kier molecular flexibility index (Phi) is 3.97. The minimum atomic E-state index is 0.248. The van der Waals surface area contributed by atoms with E-state index in [-0.39, 0.29) is 6.04 Å². The zero-order valence-corrected chi connectivity index (χ0v) is 13.0. The number of para-hydroxylation sites is 1. The molecule has 2 aromatic rings. The lowest BCUT2D eigenvalue weighted by molar-refractivity contribution is 0.381. The fraction of sp³-hybridized carbons (Fsp3) is 0.471. The number of benzene rings is 1. The van der Waals surface area contributed by atoms with Crippen molar-refractivity contribution in [3.05, 3.63) is 47.3 Å². The molecule has 2 atom stereocenters. The van der Waals surface area contributed by atoms with Crippen molar-refractivity contribution >= 4 is 0 Å². The summed E-state index contributed by atoms with van der Waals surface area (Å²) < 4.78 is 7.48. The van der Waals surface area contributed by atoms with Crippen molar-refractivity contribution in [3.8, 4) is 5.75 Å². The van der Waals surface area contributed by atoms with Crippen LogP contribution in [0.1, 0.15) is 48.7 Å². The SMILES string of the molecule is COc1ccccc1[C@H](C)NC1CCCc2c1cnn2C. The molecule has 1 aromatic heterocycles. The van der Waals surface area contributed by atoms with Crippen LogP contribution in [0.25, 0.3) is 0 Å². The van der Waals surface area contributed by atoms with E-state index < -0.39 is 0 Å². The molecule has 0 fully saturated rings. The molecule has 112 valence electrons. The van der Waals surface area contributed by atoms with Crippen molar-refractivity contribution in [3.63, 3.8) is 0 Å². The van der Waals surface area contributed by atoms with Crippen LogP contribution >= 0.6 is 0 Å². The topological polar surface area (TPSA) is 39.1 Å². The van der Waals surface area contributed by atoms with Gasteiger partial charge in [-0.15, -0.1) is 0 Å². The van der Waals surface area contributed by atoms with Gasteiger partial charge in [0.05, 0.1) is 13.3 Å². The lowest BCUT2D eigenvalue weighted by Gasteiger charge is -2.28. The first-order valence-corrected chi connectivity index (χ1v) is 7.60. The molecule has 1 aromatic carbocycles. The zero-order chi connectivity index (χ0) is 14.8. The molecule has 3 rings (SSSR count). The summed E-state index contributed by atoms with van der Waals surface area (Å²) in [5.74, 6) is 0.944. The van der Waals surface area contributed by atoms with Crippen molar-refractivity contribution in [1.82, 2.24) is 15.1 Å². The number of aryl methyl sites for hydroxylation is 1. The predicted octanol–water partition coefficient (Wildman–Crippen LogP) is 3.16. The quantitative estimate of drug-likeness (QED) is 0.938. The Morgan fingerprint density at radius 2 is 2.19 bits per heavy atom. The number of ether oxygens (including phenoxy) is 1. The number of methoxy groups -OCH3 is 1. The summed E-state index contributed by atoms with van der Waals surface area (Å²) in [6.45, 7) is 2.20. The summed E-state index contributed by atoms with van der Waals surface area (Å²) in [6.07, 6.45) is 5.52. The van der Waals surface area contributed by atoms with Crippen molar-refractivity contribution in [2.45, 2.75) is 38.3 Å². The lowest BCUT2D eigenvalue weighted by atomic mass is 9.92. The predicted molar refractivity (Wildman–Crippen MR) is 83.4 cm³/mol. The zero-order valence-electron chi connectivity index (χ0n) is 13.0. The molecule has 0 bridgehead atoms. The van der Waals surface area contributed by atoms with Crippen LogP contribution in [0.3, 0.4) is 0 Å². The summed E-state index contributed by atoms with van der Waals surface area (Å²) in [6, 6.07) is 8.84. The van der Waals surface area contributed by atoms with Crippen molar-refractivity contribution in [2.24, 2.45) is 7.05 Å². The molecule has 0 saturated carbocycles. The second kappa shape index (κ2) is 5.90. The van der Waals surface area contributed by atoms with Crippen molar-refractivity contribution in [1.29, 1.82) is 0 Å². The largest absolute Gasteiger partial charge is 0.496 e. The highest BCUT2D eigenvalue weighted by Gasteiger charge is 2.25. The van der Waals surface area contributed by atoms with Crippen molar-refractivity contribution in [2.75, 3.05) is 7.11 Å². The Labute approximate surface area is 126 Å². The van der Waals surface area contributed by atoms with Gasteiger partial charge in [0.25, 0.3) is 0 Å². The highest BCUT2D eigenvalue weighted by Crippen LogP contribution is 2.33. The standard InChI is InChI=1S/C17H23N3O/c1-12(13-7-4-5-10-17(13)21-3)19-15-8-6-9-16-14(15)11-18-20(16)2/h4-5,7,10-12,15,19H,6,8-9H2,1-3H3/t12-,15?/m0/s1. The molecule has 1 aliphatic rings. The number of rotatable bonds is 4. The van der Waals surface area contributed by atoms with Gasteiger partial charge in [-0.25, -0.2) is 0 Å². The Balaban J connectivity index is 1.81. The Morgan fingerprint density at radius 1 is 1.38 bits per heavy atom. The monoisotopic (exact) mass is 285 g/mol. The average Bonchev–Trinajstić information content (AvgIpc) is 2.90. The van der Waals surface area contributed by atoms with E-state index in [0.29, 0.717) is 6.04 Å². The van der Waals surface area contributed by atoms with Crippen LogP contribution in [0.2, 0.25) is 0 Å². The number of fused-ring (bicyclic) bond motifs is 1. The van der Waals surface area contributed by atoms with E-state index in [4.69, 9.17) is 4.74 Å². The minimum absolute atomic E-state index is 0.248. The summed E-state index contributed by atoms with van der Waals surface area (Å²) >= 11 is 0. The lowest BCUT2D eigenvalue weighted by Crippen LogP contribution is -2.28. The van der Waals surface area contributed by atoms with Crippen LogP contribution < -0.4 is 10.1 Å². The molecule has 0 saturated heterocycles. The maximum atomic E-state index is 5.47. The molecular formula is C17H23N3O. The van der Waals surface area contributed by atoms with E-state index in [1.54, 1.807) is 7.11 Å². The number of aromatic nitrogens is 2. The van der Waals surface area contributed by atoms with Gasteiger partial charge in [0.1, 0.15) is 5.75 Å². The maximum absolute atomic E-state index is 5.47. The molecular weight excluding hydrogens is 262 g/mol. The third kappa shape index (κ3) is 2.68. The van der Waals surface area contributed by atoms with E-state index in [1.807, 2.05) is 30.1 Å². The van der Waals surface area contributed by atoms with Gasteiger partial charge in [0.15, 0.2) is 0 Å². The highest BCUT2D eigenvalue weighted by molar-refractivity contribution is 5.36. The third-order valence-corrected chi connectivity index (χ3v) is 4.43. The van der Waals surface area contributed by atoms with Gasteiger partial charge in [0, 0.05) is 36.0 Å². The van der Waals surface area contributed by atoms with Crippen molar-refractivity contribution < 1.29 is 4.74 Å². The molecule has 4 nitrogen and oxygen atoms in total. The molecule has 0 spiro atoms. The average molecular weight is 285 g/mol. The molecule has 1 aliphatic carbocycles. The molecule has 0 radical (unpaired) electrons. The van der Waals surface area contributed by atoms with Gasteiger partial charge in [-0.1, -0.05) is 18.2 Å². The first-order valence-electron chi connectivity index (χ1n) is 7.60. The smallest absolute Gasteiger partial charge is 0.123 e. The Bertz CT molecular complexity index is 620. The van der Waals surface area contributed by atoms with Crippen LogP contribution in [-0.4, -0.2) is 16.9 Å². The van der Waals surface area contributed by atoms with Gasteiger partial charge in [-0.05, 0) is 32.3 Å². The molecule has 0 aliphatic heterocycles. The van der Waals surface area contributed by atoms with E-state index in [2.05, 4.69) is 29.5 Å². The van der Waals surface area contributed by atoms with E-state index in [9.17, 15) is 0 Å². The van der Waals surface area contributed by atoms with Gasteiger partial charge in [0.2, 0.25) is 0 Å². The summed E-state index contributed by atoms with van der Waals surface area (Å²) in [5, 5.41) is 8.16. The summed E-state index contributed by atoms with van der Waals surface area (Å²) in [7, 11) is 3.76. The molecule has 0 amide bonds. The molecule has 1 heterocycles. The Hall–Kier alpha value is -1.81. The molecule has 1 N–H and O–H groups in total. The number of hydrogen-bond acceptors (Lipinski definition) is 3. The first kappa shape index (κ1) is 14.1. The highest BCUT2D eigenvalue weighted by atomic mass is 16.5. The Morgan fingerprint density at radius 3 is 3.00 bits per heavy atom. The van der Waals surface area contributed by atoms with E-state index in [0.717, 1.165) is 18.6 Å². The van der Waals surface area contributed by atoms with Crippen LogP contribution in [-0.2, 0) is 13.5 Å². The maximum Gasteiger partial charge on any atom is 0.123 e. The molecule has 1 unspecified atom stereocenters. The van der Waals surface area contributed by atoms with Crippen LogP contribution in [0.4, 0.5) is 0 Å². The van der Waals surface area contributed by atoms with E-state index >= 15 is 0 Å². The summed E-state index contributed by atoms with van der Waals surface area (Å²) in [5.41, 5.74) is 3.92. The van der Waals surface area contributed by atoms with Gasteiger partial charge in [-0.3, -0.25) is 4.68 Å². The first-order chi connectivity index (χ1) is 10.2. The minimum Gasteiger partial charge on any atom is -0.496 e. The molecule has 4 heteroatoms. The number of nitrogens with zero attached hydrogens (tertiary/aromatic N) is 2. The van der Waals surface area contributed by atoms with E-state index in [1.165, 1.54) is 23.2 Å². The molecule has 21 heavy (non-hydrogen) atoms. The second-order valence-electron chi connectivity index (χ2n) is 5.75. The summed E-state index contributed by atoms with van der Waals surface area (Å²) in [4.78, 5) is 0. The van der Waals surface area contributed by atoms with Gasteiger partial charge < -0.3 is 10.1 Å². The van der Waals surface area contributed by atoms with Gasteiger partial charge >= 0.3 is 0 Å². The van der Waals surface area contributed by atoms with Gasteiger partial charge in [-0.2, -0.15) is 5.10 Å². The third-order valence-electron chi connectivity index (χ3n) is 4.43. The second-order valence-corrected chi connectivity index (χ2v) is 5.75. The van der Waals surface area contributed by atoms with Crippen LogP contribution in [0, 0.1) is 0 Å².